The molecule has 13 heteroatoms. The van der Waals surface area contributed by atoms with Gasteiger partial charge in [0.25, 0.3) is 5.56 Å². The first kappa shape index (κ1) is 26.1. The van der Waals surface area contributed by atoms with Gasteiger partial charge in [0.1, 0.15) is 23.8 Å². The van der Waals surface area contributed by atoms with E-state index in [0.717, 1.165) is 25.7 Å². The highest BCUT2D eigenvalue weighted by atomic mass is 19.1. The van der Waals surface area contributed by atoms with Gasteiger partial charge in [0.15, 0.2) is 6.30 Å². The molecule has 0 aliphatic carbocycles. The molecular weight excluding hydrogens is 431 g/mol. The zero-order chi connectivity index (χ0) is 24.1. The van der Waals surface area contributed by atoms with E-state index in [1.165, 1.54) is 6.07 Å². The van der Waals surface area contributed by atoms with Gasteiger partial charge in [-0.1, -0.05) is 39.0 Å². The molecule has 0 spiro atoms. The van der Waals surface area contributed by atoms with Crippen LogP contribution in [0.4, 0.5) is 4.39 Å². The fraction of sp³-hybridized carbons (Fsp3) is 0.737. The number of aliphatic hydroxyl groups excluding tert-OH is 2. The molecule has 1 unspecified atom stereocenters. The molecule has 1 aliphatic rings. The van der Waals surface area contributed by atoms with Crippen molar-refractivity contribution in [2.75, 3.05) is 6.61 Å². The standard InChI is InChI=1S/C19H29FN4O8/c1-2-3-4-5-6-7-8-14(20)24(31)18(29)15(26)13(11-25)32-19(18,30)23-10-12(9-21)16(27)22-17(23)28/h10,13-15,25-26,29-31H,2-8,11H2,1H3,(H,22,27,28)/t13-,14?,15-,18-,19+/m1/s1. The Balaban J connectivity index is 2.38. The average molecular weight is 460 g/mol. The summed E-state index contributed by atoms with van der Waals surface area (Å²) < 4.78 is 20.0. The van der Waals surface area contributed by atoms with E-state index in [4.69, 9.17) is 10.00 Å². The second-order valence-electron chi connectivity index (χ2n) is 7.74. The van der Waals surface area contributed by atoms with Crippen LogP contribution in [0.25, 0.3) is 0 Å². The van der Waals surface area contributed by atoms with Gasteiger partial charge in [-0.05, 0) is 12.8 Å². The van der Waals surface area contributed by atoms with E-state index < -0.39 is 53.6 Å². The summed E-state index contributed by atoms with van der Waals surface area (Å²) in [6.45, 7) is 1.06. The van der Waals surface area contributed by atoms with Crippen LogP contribution in [0.2, 0.25) is 0 Å². The molecule has 5 atom stereocenters. The Morgan fingerprint density at radius 1 is 1.31 bits per heavy atom. The number of rotatable bonds is 11. The van der Waals surface area contributed by atoms with Crippen LogP contribution in [0.15, 0.2) is 15.8 Å². The highest BCUT2D eigenvalue weighted by molar-refractivity contribution is 5.22. The zero-order valence-corrected chi connectivity index (χ0v) is 17.6. The number of nitrogens with zero attached hydrogens (tertiary/aromatic N) is 3. The number of nitrogens with one attached hydrogen (secondary N) is 1. The lowest BCUT2D eigenvalue weighted by atomic mass is 9.99. The molecule has 1 aromatic rings. The quantitative estimate of drug-likeness (QED) is 0.105. The predicted octanol–water partition coefficient (Wildman–Crippen LogP) is -0.811. The van der Waals surface area contributed by atoms with Crippen LogP contribution in [0.1, 0.15) is 57.4 Å². The number of aromatic amines is 1. The second kappa shape index (κ2) is 10.6. The molecule has 1 aliphatic heterocycles. The highest BCUT2D eigenvalue weighted by Crippen LogP contribution is 2.44. The Hall–Kier alpha value is -2.18. The van der Waals surface area contributed by atoms with Gasteiger partial charge in [-0.15, -0.1) is 5.06 Å². The third-order valence-corrected chi connectivity index (χ3v) is 5.54. The number of aliphatic hydroxyl groups is 4. The summed E-state index contributed by atoms with van der Waals surface area (Å²) in [5.41, 5.74) is -6.57. The Bertz CT molecular complexity index is 933. The zero-order valence-electron chi connectivity index (χ0n) is 17.6. The number of hydrogen-bond acceptors (Lipinski definition) is 10. The largest absolute Gasteiger partial charge is 0.394 e. The van der Waals surface area contributed by atoms with Crippen LogP contribution in [0.3, 0.4) is 0 Å². The number of ether oxygens (including phenoxy) is 1. The molecule has 1 fully saturated rings. The van der Waals surface area contributed by atoms with Gasteiger partial charge in [0.2, 0.25) is 5.72 Å². The van der Waals surface area contributed by atoms with Crippen molar-refractivity contribution in [2.24, 2.45) is 0 Å². The summed E-state index contributed by atoms with van der Waals surface area (Å²) in [5.74, 6) is -3.38. The summed E-state index contributed by atoms with van der Waals surface area (Å²) >= 11 is 0. The SMILES string of the molecule is CCCCCCCCC(F)N(O)[C@@]1(O)[C@H](O)[C@@H](CO)O[C@]1(O)n1cc(C#N)c(=O)[nH]c1=O. The van der Waals surface area contributed by atoms with Gasteiger partial charge in [-0.3, -0.25) is 9.78 Å². The number of hydrogen-bond donors (Lipinski definition) is 6. The number of halogens is 1. The van der Waals surface area contributed by atoms with E-state index in [0.29, 0.717) is 19.0 Å². The molecule has 2 rings (SSSR count). The van der Waals surface area contributed by atoms with Gasteiger partial charge in [-0.25, -0.2) is 13.8 Å². The lowest BCUT2D eigenvalue weighted by molar-refractivity contribution is -0.428. The molecule has 12 nitrogen and oxygen atoms in total. The van der Waals surface area contributed by atoms with Crippen molar-refractivity contribution in [3.8, 4) is 6.07 Å². The fourth-order valence-corrected chi connectivity index (χ4v) is 3.67. The Morgan fingerprint density at radius 2 is 1.94 bits per heavy atom. The number of aromatic nitrogens is 2. The number of unbranched alkanes of at least 4 members (excludes halogenated alkanes) is 5. The van der Waals surface area contributed by atoms with Crippen LogP contribution < -0.4 is 11.2 Å². The predicted molar refractivity (Wildman–Crippen MR) is 106 cm³/mol. The minimum absolute atomic E-state index is 0.131. The minimum atomic E-state index is -3.39. The third kappa shape index (κ3) is 4.62. The second-order valence-corrected chi connectivity index (χ2v) is 7.74. The molecule has 0 bridgehead atoms. The topological polar surface area (TPSA) is 192 Å². The first-order valence-corrected chi connectivity index (χ1v) is 10.4. The number of nitriles is 1. The number of alkyl halides is 1. The van der Waals surface area contributed by atoms with E-state index in [2.05, 4.69) is 0 Å². The van der Waals surface area contributed by atoms with Crippen LogP contribution in [-0.4, -0.2) is 71.1 Å². The van der Waals surface area contributed by atoms with Crippen molar-refractivity contribution in [3.05, 3.63) is 32.6 Å². The Morgan fingerprint density at radius 3 is 2.53 bits per heavy atom. The molecule has 6 N–H and O–H groups in total. The summed E-state index contributed by atoms with van der Waals surface area (Å²) in [7, 11) is 0. The number of H-pyrrole nitrogens is 1. The maximum atomic E-state index is 14.8. The molecule has 0 saturated carbocycles. The normalized spacial score (nSPS) is 28.7. The van der Waals surface area contributed by atoms with Crippen molar-refractivity contribution in [1.29, 1.82) is 5.26 Å². The van der Waals surface area contributed by atoms with E-state index in [1.54, 1.807) is 4.98 Å². The Labute approximate surface area is 182 Å². The van der Waals surface area contributed by atoms with Crippen molar-refractivity contribution in [2.45, 2.75) is 82.0 Å². The summed E-state index contributed by atoms with van der Waals surface area (Å²) in [4.78, 5) is 25.7. The fourth-order valence-electron chi connectivity index (χ4n) is 3.67. The van der Waals surface area contributed by atoms with E-state index in [-0.39, 0.29) is 16.1 Å². The van der Waals surface area contributed by atoms with Gasteiger partial charge in [0, 0.05) is 6.20 Å². The van der Waals surface area contributed by atoms with Crippen molar-refractivity contribution in [1.82, 2.24) is 14.6 Å². The van der Waals surface area contributed by atoms with E-state index >= 15 is 0 Å². The first-order chi connectivity index (χ1) is 15.1. The smallest absolute Gasteiger partial charge is 0.332 e. The molecule has 2 heterocycles. The lowest BCUT2D eigenvalue weighted by Gasteiger charge is -2.43. The molecule has 0 aromatic carbocycles. The van der Waals surface area contributed by atoms with Gasteiger partial charge in [-0.2, -0.15) is 5.26 Å². The molecule has 1 saturated heterocycles. The van der Waals surface area contributed by atoms with Crippen LogP contribution in [0, 0.1) is 11.3 Å². The lowest BCUT2D eigenvalue weighted by Crippen LogP contribution is -2.69. The van der Waals surface area contributed by atoms with Gasteiger partial charge < -0.3 is 30.4 Å². The van der Waals surface area contributed by atoms with E-state index in [1.807, 2.05) is 6.92 Å². The van der Waals surface area contributed by atoms with Crippen molar-refractivity contribution < 1.29 is 34.8 Å². The van der Waals surface area contributed by atoms with Crippen LogP contribution >= 0.6 is 0 Å². The molecule has 1 aromatic heterocycles. The van der Waals surface area contributed by atoms with Crippen LogP contribution in [-0.2, 0) is 10.6 Å². The van der Waals surface area contributed by atoms with Gasteiger partial charge >= 0.3 is 11.6 Å². The van der Waals surface area contributed by atoms with Gasteiger partial charge in [0.05, 0.1) is 6.61 Å². The van der Waals surface area contributed by atoms with Crippen LogP contribution in [0.5, 0.6) is 0 Å². The molecule has 180 valence electrons. The van der Waals surface area contributed by atoms with Crippen molar-refractivity contribution >= 4 is 0 Å². The maximum absolute atomic E-state index is 14.8. The Kier molecular flexibility index (Phi) is 8.66. The monoisotopic (exact) mass is 460 g/mol. The van der Waals surface area contributed by atoms with E-state index in [9.17, 15) is 39.6 Å². The summed E-state index contributed by atoms with van der Waals surface area (Å²) in [6, 6.07) is 1.45. The molecular formula is C19H29FN4O8. The minimum Gasteiger partial charge on any atom is -0.394 e. The summed E-state index contributed by atoms with van der Waals surface area (Å²) in [6.07, 6.45) is -1.32. The maximum Gasteiger partial charge on any atom is 0.332 e. The first-order valence-electron chi connectivity index (χ1n) is 10.4. The molecule has 0 radical (unpaired) electrons. The summed E-state index contributed by atoms with van der Waals surface area (Å²) in [5, 5.41) is 61.1. The molecule has 32 heavy (non-hydrogen) atoms. The third-order valence-electron chi connectivity index (χ3n) is 5.54. The number of hydroxylamine groups is 2. The average Bonchev–Trinajstić information content (AvgIpc) is 2.97. The van der Waals surface area contributed by atoms with Crippen molar-refractivity contribution in [3.63, 3.8) is 0 Å². The highest BCUT2D eigenvalue weighted by Gasteiger charge is 2.71. The molecule has 0 amide bonds.